The van der Waals surface area contributed by atoms with Gasteiger partial charge in [-0.25, -0.2) is 9.67 Å². The second-order valence-electron chi connectivity index (χ2n) is 7.85. The Kier molecular flexibility index (Phi) is 6.56. The Morgan fingerprint density at radius 2 is 1.94 bits per heavy atom. The van der Waals surface area contributed by atoms with Crippen molar-refractivity contribution in [2.45, 2.75) is 38.5 Å². The Bertz CT molecular complexity index is 1250. The molecule has 2 aromatic heterocycles. The van der Waals surface area contributed by atoms with Crippen molar-refractivity contribution in [1.29, 1.82) is 5.26 Å². The lowest BCUT2D eigenvalue weighted by Crippen LogP contribution is -2.32. The number of rotatable bonds is 7. The monoisotopic (exact) mass is 489 g/mol. The van der Waals surface area contributed by atoms with E-state index in [4.69, 9.17) is 14.2 Å². The summed E-state index contributed by atoms with van der Waals surface area (Å²) in [6, 6.07) is 7.93. The zero-order chi connectivity index (χ0) is 25.3. The second-order valence-corrected chi connectivity index (χ2v) is 7.85. The molecule has 2 atom stereocenters. The number of fused-ring (bicyclic) bond motifs is 1. The molecule has 184 valence electrons. The molecule has 1 aromatic carbocycles. The van der Waals surface area contributed by atoms with E-state index in [1.165, 1.54) is 26.4 Å². The molecule has 9 nitrogen and oxygen atoms in total. The van der Waals surface area contributed by atoms with E-state index in [-0.39, 0.29) is 35.7 Å². The summed E-state index contributed by atoms with van der Waals surface area (Å²) in [7, 11) is 2.78. The van der Waals surface area contributed by atoms with Gasteiger partial charge >= 0.3 is 6.18 Å². The number of methoxy groups -OCH3 is 2. The summed E-state index contributed by atoms with van der Waals surface area (Å²) in [5.74, 6) is 0.155. The fourth-order valence-electron chi connectivity index (χ4n) is 3.81. The summed E-state index contributed by atoms with van der Waals surface area (Å²) in [5.41, 5.74) is 2.24. The number of benzene rings is 1. The summed E-state index contributed by atoms with van der Waals surface area (Å²) in [6.45, 7) is 1.33. The maximum absolute atomic E-state index is 13.2. The van der Waals surface area contributed by atoms with Gasteiger partial charge in [-0.1, -0.05) is 0 Å². The minimum atomic E-state index is -4.62. The van der Waals surface area contributed by atoms with E-state index < -0.39 is 18.5 Å². The predicted molar refractivity (Wildman–Crippen MR) is 116 cm³/mol. The zero-order valence-electron chi connectivity index (χ0n) is 19.1. The highest BCUT2D eigenvalue weighted by molar-refractivity contribution is 5.56. The van der Waals surface area contributed by atoms with E-state index in [2.05, 4.69) is 10.1 Å². The quantitative estimate of drug-likeness (QED) is 0.538. The summed E-state index contributed by atoms with van der Waals surface area (Å²) in [5, 5.41) is 25.2. The number of nitrogens with zero attached hydrogens (tertiary/aromatic N) is 5. The Morgan fingerprint density at radius 3 is 2.57 bits per heavy atom. The Hall–Kier alpha value is -3.82. The van der Waals surface area contributed by atoms with Gasteiger partial charge in [-0.3, -0.25) is 4.90 Å². The topological polar surface area (TPSA) is 106 Å². The molecule has 0 saturated carbocycles. The molecule has 3 heterocycles. The Balaban J connectivity index is 1.63. The van der Waals surface area contributed by atoms with Gasteiger partial charge in [0, 0.05) is 37.1 Å². The predicted octanol–water partition coefficient (Wildman–Crippen LogP) is 3.49. The van der Waals surface area contributed by atoms with Crippen LogP contribution in [0.3, 0.4) is 0 Å². The van der Waals surface area contributed by atoms with Crippen LogP contribution in [0.1, 0.15) is 35.5 Å². The normalized spacial score (nSPS) is 15.3. The van der Waals surface area contributed by atoms with Crippen molar-refractivity contribution in [2.24, 2.45) is 0 Å². The molecule has 0 radical (unpaired) electrons. The van der Waals surface area contributed by atoms with E-state index in [0.29, 0.717) is 11.6 Å². The molecule has 0 saturated heterocycles. The average Bonchev–Trinajstić information content (AvgIpc) is 3.42. The van der Waals surface area contributed by atoms with Gasteiger partial charge in [-0.15, -0.1) is 0 Å². The van der Waals surface area contributed by atoms with Crippen molar-refractivity contribution in [3.63, 3.8) is 0 Å². The first kappa shape index (κ1) is 24.3. The Morgan fingerprint density at radius 1 is 1.17 bits per heavy atom. The van der Waals surface area contributed by atoms with Crippen LogP contribution in [0.15, 0.2) is 36.7 Å². The third kappa shape index (κ3) is 4.73. The van der Waals surface area contributed by atoms with Crippen molar-refractivity contribution in [3.8, 4) is 29.1 Å². The molecule has 1 aliphatic heterocycles. The van der Waals surface area contributed by atoms with Gasteiger partial charge in [0.15, 0.2) is 6.10 Å². The zero-order valence-corrected chi connectivity index (χ0v) is 19.1. The van der Waals surface area contributed by atoms with E-state index >= 15 is 0 Å². The van der Waals surface area contributed by atoms with E-state index in [0.717, 1.165) is 18.2 Å². The van der Waals surface area contributed by atoms with Crippen LogP contribution in [0, 0.1) is 11.3 Å². The highest BCUT2D eigenvalue weighted by atomic mass is 19.4. The van der Waals surface area contributed by atoms with Crippen molar-refractivity contribution in [3.05, 3.63) is 59.0 Å². The Labute approximate surface area is 198 Å². The molecule has 12 heteroatoms. The fourth-order valence-corrected chi connectivity index (χ4v) is 3.81. The van der Waals surface area contributed by atoms with Gasteiger partial charge in [0.2, 0.25) is 5.88 Å². The molecule has 0 spiro atoms. The first-order valence-electron chi connectivity index (χ1n) is 10.5. The number of halogens is 3. The largest absolute Gasteiger partial charge is 0.495 e. The summed E-state index contributed by atoms with van der Waals surface area (Å²) in [4.78, 5) is 5.66. The van der Waals surface area contributed by atoms with Crippen molar-refractivity contribution in [2.75, 3.05) is 14.2 Å². The number of hydrogen-bond donors (Lipinski definition) is 1. The second kappa shape index (κ2) is 9.44. The number of aliphatic hydroxyl groups is 1. The maximum atomic E-state index is 13.2. The number of aliphatic hydroxyl groups excluding tert-OH is 1. The van der Waals surface area contributed by atoms with Crippen LogP contribution in [0.25, 0.3) is 5.69 Å². The van der Waals surface area contributed by atoms with E-state index in [1.807, 2.05) is 6.07 Å². The number of ether oxygens (including phenoxy) is 3. The molecule has 0 amide bonds. The smallest absolute Gasteiger partial charge is 0.425 e. The summed E-state index contributed by atoms with van der Waals surface area (Å²) >= 11 is 0. The lowest BCUT2D eigenvalue weighted by atomic mass is 10.1. The molecule has 1 N–H and O–H groups in total. The third-order valence-corrected chi connectivity index (χ3v) is 5.65. The van der Waals surface area contributed by atoms with Gasteiger partial charge in [-0.2, -0.15) is 23.5 Å². The van der Waals surface area contributed by atoms with Gasteiger partial charge in [0.25, 0.3) is 0 Å². The van der Waals surface area contributed by atoms with Crippen LogP contribution >= 0.6 is 0 Å². The van der Waals surface area contributed by atoms with Gasteiger partial charge in [0.1, 0.15) is 23.8 Å². The highest BCUT2D eigenvalue weighted by Crippen LogP contribution is 2.42. The van der Waals surface area contributed by atoms with Crippen LogP contribution in [0.5, 0.6) is 17.4 Å². The molecule has 1 unspecified atom stereocenters. The average molecular weight is 489 g/mol. The van der Waals surface area contributed by atoms with Gasteiger partial charge < -0.3 is 19.3 Å². The number of nitriles is 1. The first-order chi connectivity index (χ1) is 16.7. The third-order valence-electron chi connectivity index (χ3n) is 5.65. The van der Waals surface area contributed by atoms with Crippen LogP contribution in [-0.2, 0) is 13.1 Å². The molecule has 0 bridgehead atoms. The summed E-state index contributed by atoms with van der Waals surface area (Å²) < 4.78 is 56.7. The van der Waals surface area contributed by atoms with Crippen molar-refractivity contribution >= 4 is 0 Å². The van der Waals surface area contributed by atoms with Gasteiger partial charge in [-0.05, 0) is 25.1 Å². The van der Waals surface area contributed by atoms with Crippen LogP contribution in [0.2, 0.25) is 0 Å². The SMILES string of the molecule is COc1cc(-n2cc3c(n2)CN(C(O)c2c(O[C@@H](C)C(F)(F)F)ccc(C#N)c2OC)C3)ccn1. The molecule has 3 aromatic rings. The fraction of sp³-hybridized carbons (Fsp3) is 0.348. The first-order valence-corrected chi connectivity index (χ1v) is 10.5. The molecule has 0 fully saturated rings. The van der Waals surface area contributed by atoms with Gasteiger partial charge in [0.05, 0.1) is 36.7 Å². The van der Waals surface area contributed by atoms with Crippen LogP contribution in [-0.4, -0.2) is 51.3 Å². The lowest BCUT2D eigenvalue weighted by Gasteiger charge is -2.28. The van der Waals surface area contributed by atoms with Crippen molar-refractivity contribution in [1.82, 2.24) is 19.7 Å². The van der Waals surface area contributed by atoms with Crippen molar-refractivity contribution < 1.29 is 32.5 Å². The van der Waals surface area contributed by atoms with Crippen LogP contribution < -0.4 is 14.2 Å². The maximum Gasteiger partial charge on any atom is 0.425 e. The molecule has 35 heavy (non-hydrogen) atoms. The molecule has 0 aliphatic carbocycles. The number of pyridine rings is 1. The van der Waals surface area contributed by atoms with E-state index in [1.54, 1.807) is 34.1 Å². The molecule has 4 rings (SSSR count). The minimum Gasteiger partial charge on any atom is -0.495 e. The number of hydrogen-bond acceptors (Lipinski definition) is 8. The number of aromatic nitrogens is 3. The standard InChI is InChI=1S/C23H22F3N5O4/c1-13(23(24,25)26)35-18-5-4-14(9-27)21(34-3)20(18)22(32)30-10-15-11-31(29-17(15)12-30)16-6-7-28-19(8-16)33-2/h4-8,11,13,22,32H,10,12H2,1-3H3/t13-,22?/m0/s1. The molecular weight excluding hydrogens is 467 g/mol. The lowest BCUT2D eigenvalue weighted by molar-refractivity contribution is -0.189. The minimum absolute atomic E-state index is 0.0506. The molecular formula is C23H22F3N5O4. The van der Waals surface area contributed by atoms with Crippen LogP contribution in [0.4, 0.5) is 13.2 Å². The number of alkyl halides is 3. The highest BCUT2D eigenvalue weighted by Gasteiger charge is 2.40. The van der Waals surface area contributed by atoms with E-state index in [9.17, 15) is 23.5 Å². The summed E-state index contributed by atoms with van der Waals surface area (Å²) in [6.07, 6.45) is -4.79. The molecule has 1 aliphatic rings.